The zero-order valence-electron chi connectivity index (χ0n) is 15.4. The molecule has 0 aliphatic carbocycles. The van der Waals surface area contributed by atoms with Crippen LogP contribution in [0.4, 0.5) is 0 Å². The summed E-state index contributed by atoms with van der Waals surface area (Å²) in [5, 5.41) is 0. The van der Waals surface area contributed by atoms with Crippen molar-refractivity contribution >= 4 is 17.8 Å². The van der Waals surface area contributed by atoms with Gasteiger partial charge in [0.25, 0.3) is 0 Å². The highest BCUT2D eigenvalue weighted by molar-refractivity contribution is 6.14. The van der Waals surface area contributed by atoms with E-state index in [0.29, 0.717) is 22.8 Å². The Hall–Kier alpha value is -3.28. The highest BCUT2D eigenvalue weighted by atomic mass is 16.6. The second-order valence-corrected chi connectivity index (χ2v) is 6.17. The Bertz CT molecular complexity index is 897. The molecule has 3 rings (SSSR count). The molecular formula is C21H20O6. The monoisotopic (exact) mass is 368 g/mol. The van der Waals surface area contributed by atoms with E-state index in [0.717, 1.165) is 5.56 Å². The maximum absolute atomic E-state index is 12.6. The molecule has 6 heteroatoms. The van der Waals surface area contributed by atoms with Crippen molar-refractivity contribution in [3.63, 3.8) is 0 Å². The number of esters is 1. The quantitative estimate of drug-likeness (QED) is 0.573. The summed E-state index contributed by atoms with van der Waals surface area (Å²) in [5.41, 5.74) is 1.18. The number of hydrogen-bond acceptors (Lipinski definition) is 6. The maximum Gasteiger partial charge on any atom is 0.344 e. The molecule has 2 aromatic rings. The van der Waals surface area contributed by atoms with Crippen molar-refractivity contribution in [1.29, 1.82) is 0 Å². The molecule has 0 bridgehead atoms. The number of benzene rings is 2. The average Bonchev–Trinajstić information content (AvgIpc) is 2.95. The van der Waals surface area contributed by atoms with Gasteiger partial charge in [0.15, 0.2) is 12.4 Å². The second-order valence-electron chi connectivity index (χ2n) is 6.17. The van der Waals surface area contributed by atoms with Crippen LogP contribution in [0.2, 0.25) is 0 Å². The standard InChI is InChI=1S/C21H20O6/c1-13(2)26-20(22)12-25-15-8-9-16-18(11-15)27-19(21(16)23)10-14-6-4-5-7-17(14)24-3/h4-11,13H,12H2,1-3H3. The van der Waals surface area contributed by atoms with Gasteiger partial charge in [0.1, 0.15) is 17.2 Å². The Labute approximate surface area is 157 Å². The highest BCUT2D eigenvalue weighted by Gasteiger charge is 2.28. The molecule has 6 nitrogen and oxygen atoms in total. The van der Waals surface area contributed by atoms with Crippen LogP contribution >= 0.6 is 0 Å². The molecule has 0 unspecified atom stereocenters. The van der Waals surface area contributed by atoms with Crippen molar-refractivity contribution < 1.29 is 28.5 Å². The van der Waals surface area contributed by atoms with Gasteiger partial charge in [-0.25, -0.2) is 4.79 Å². The molecule has 0 radical (unpaired) electrons. The van der Waals surface area contributed by atoms with Crippen molar-refractivity contribution in [2.75, 3.05) is 13.7 Å². The average molecular weight is 368 g/mol. The molecule has 27 heavy (non-hydrogen) atoms. The molecule has 0 aromatic heterocycles. The van der Waals surface area contributed by atoms with Gasteiger partial charge in [-0.1, -0.05) is 18.2 Å². The van der Waals surface area contributed by atoms with Gasteiger partial charge in [0.2, 0.25) is 5.78 Å². The first-order valence-electron chi connectivity index (χ1n) is 8.51. The van der Waals surface area contributed by atoms with Crippen molar-refractivity contribution in [2.45, 2.75) is 20.0 Å². The zero-order valence-corrected chi connectivity index (χ0v) is 15.4. The van der Waals surface area contributed by atoms with Crippen LogP contribution in [0.25, 0.3) is 6.08 Å². The summed E-state index contributed by atoms with van der Waals surface area (Å²) in [6.07, 6.45) is 1.44. The molecule has 1 heterocycles. The zero-order chi connectivity index (χ0) is 19.4. The van der Waals surface area contributed by atoms with Crippen LogP contribution in [0.5, 0.6) is 17.2 Å². The number of carbonyl (C=O) groups is 2. The first-order valence-corrected chi connectivity index (χ1v) is 8.51. The molecule has 1 aliphatic heterocycles. The van der Waals surface area contributed by atoms with Crippen LogP contribution in [-0.4, -0.2) is 31.6 Å². The third kappa shape index (κ3) is 4.28. The van der Waals surface area contributed by atoms with E-state index in [1.54, 1.807) is 51.3 Å². The van der Waals surface area contributed by atoms with Crippen LogP contribution in [0.15, 0.2) is 48.2 Å². The molecule has 0 fully saturated rings. The maximum atomic E-state index is 12.6. The predicted octanol–water partition coefficient (Wildman–Crippen LogP) is 3.64. The normalized spacial score (nSPS) is 14.1. The molecule has 0 saturated carbocycles. The molecule has 0 amide bonds. The van der Waals surface area contributed by atoms with E-state index < -0.39 is 5.97 Å². The number of carbonyl (C=O) groups excluding carboxylic acids is 2. The Morgan fingerprint density at radius 1 is 1.19 bits per heavy atom. The van der Waals surface area contributed by atoms with Gasteiger partial charge >= 0.3 is 5.97 Å². The van der Waals surface area contributed by atoms with E-state index in [1.807, 2.05) is 18.2 Å². The lowest BCUT2D eigenvalue weighted by molar-refractivity contribution is -0.149. The number of para-hydroxylation sites is 1. The Kier molecular flexibility index (Phi) is 5.45. The lowest BCUT2D eigenvalue weighted by Gasteiger charge is -2.09. The summed E-state index contributed by atoms with van der Waals surface area (Å²) in [6.45, 7) is 3.32. The second kappa shape index (κ2) is 7.95. The van der Waals surface area contributed by atoms with Gasteiger partial charge in [0.05, 0.1) is 18.8 Å². The number of hydrogen-bond donors (Lipinski definition) is 0. The fraction of sp³-hybridized carbons (Fsp3) is 0.238. The fourth-order valence-corrected chi connectivity index (χ4v) is 2.62. The lowest BCUT2D eigenvalue weighted by atomic mass is 10.1. The van der Waals surface area contributed by atoms with Gasteiger partial charge in [-0.2, -0.15) is 0 Å². The summed E-state index contributed by atoms with van der Waals surface area (Å²) in [6, 6.07) is 12.2. The number of Topliss-reactive ketones (excluding diaryl/α,β-unsaturated/α-hetero) is 1. The van der Waals surface area contributed by atoms with Crippen LogP contribution in [0.3, 0.4) is 0 Å². The lowest BCUT2D eigenvalue weighted by Crippen LogP contribution is -2.18. The Morgan fingerprint density at radius 2 is 1.96 bits per heavy atom. The number of ketones is 1. The van der Waals surface area contributed by atoms with Gasteiger partial charge in [0, 0.05) is 11.6 Å². The molecule has 0 spiro atoms. The van der Waals surface area contributed by atoms with E-state index >= 15 is 0 Å². The van der Waals surface area contributed by atoms with Crippen LogP contribution < -0.4 is 14.2 Å². The summed E-state index contributed by atoms with van der Waals surface area (Å²) in [7, 11) is 1.57. The van der Waals surface area contributed by atoms with E-state index in [1.165, 1.54) is 0 Å². The van der Waals surface area contributed by atoms with Crippen molar-refractivity contribution in [1.82, 2.24) is 0 Å². The third-order valence-corrected chi connectivity index (χ3v) is 3.79. The SMILES string of the molecule is COc1ccccc1C=C1Oc2cc(OCC(=O)OC(C)C)ccc2C1=O. The van der Waals surface area contributed by atoms with Crippen molar-refractivity contribution in [3.8, 4) is 17.2 Å². The first-order chi connectivity index (χ1) is 13.0. The Balaban J connectivity index is 1.75. The minimum atomic E-state index is -0.459. The van der Waals surface area contributed by atoms with Crippen LogP contribution in [0, 0.1) is 0 Å². The number of ether oxygens (including phenoxy) is 4. The summed E-state index contributed by atoms with van der Waals surface area (Å²) in [4.78, 5) is 24.1. The topological polar surface area (TPSA) is 71.1 Å². The molecule has 0 N–H and O–H groups in total. The number of allylic oxidation sites excluding steroid dienone is 1. The van der Waals surface area contributed by atoms with E-state index in [9.17, 15) is 9.59 Å². The third-order valence-electron chi connectivity index (χ3n) is 3.79. The molecule has 140 valence electrons. The molecule has 0 saturated heterocycles. The van der Waals surface area contributed by atoms with E-state index in [2.05, 4.69) is 0 Å². The van der Waals surface area contributed by atoms with Crippen molar-refractivity contribution in [3.05, 3.63) is 59.4 Å². The summed E-state index contributed by atoms with van der Waals surface area (Å²) in [5.74, 6) is 0.966. The van der Waals surface area contributed by atoms with E-state index in [4.69, 9.17) is 18.9 Å². The predicted molar refractivity (Wildman–Crippen MR) is 99.1 cm³/mol. The van der Waals surface area contributed by atoms with E-state index in [-0.39, 0.29) is 24.3 Å². The summed E-state index contributed by atoms with van der Waals surface area (Å²) >= 11 is 0. The minimum Gasteiger partial charge on any atom is -0.496 e. The van der Waals surface area contributed by atoms with Gasteiger partial charge in [-0.05, 0) is 38.1 Å². The smallest absolute Gasteiger partial charge is 0.344 e. The number of methoxy groups -OCH3 is 1. The fourth-order valence-electron chi connectivity index (χ4n) is 2.62. The Morgan fingerprint density at radius 3 is 2.70 bits per heavy atom. The van der Waals surface area contributed by atoms with Gasteiger partial charge in [-0.3, -0.25) is 4.79 Å². The van der Waals surface area contributed by atoms with Crippen molar-refractivity contribution in [2.24, 2.45) is 0 Å². The van der Waals surface area contributed by atoms with Gasteiger partial charge in [-0.15, -0.1) is 0 Å². The summed E-state index contributed by atoms with van der Waals surface area (Å²) < 4.78 is 21.4. The van der Waals surface area contributed by atoms with Crippen LogP contribution in [0.1, 0.15) is 29.8 Å². The number of rotatable bonds is 6. The van der Waals surface area contributed by atoms with Gasteiger partial charge < -0.3 is 18.9 Å². The highest BCUT2D eigenvalue weighted by Crippen LogP contribution is 2.35. The molecule has 2 aromatic carbocycles. The molecular weight excluding hydrogens is 348 g/mol. The molecule has 1 aliphatic rings. The largest absolute Gasteiger partial charge is 0.496 e. The molecule has 0 atom stereocenters. The first kappa shape index (κ1) is 18.5. The van der Waals surface area contributed by atoms with Crippen LogP contribution in [-0.2, 0) is 9.53 Å². The minimum absolute atomic E-state index is 0.200. The number of fused-ring (bicyclic) bond motifs is 1.